The highest BCUT2D eigenvalue weighted by molar-refractivity contribution is 5.76. The van der Waals surface area contributed by atoms with E-state index in [1.165, 1.54) is 57.8 Å². The second-order valence-electron chi connectivity index (χ2n) is 6.86. The zero-order valence-corrected chi connectivity index (χ0v) is 16.5. The van der Waals surface area contributed by atoms with E-state index in [9.17, 15) is 4.79 Å². The molecule has 0 aromatic carbocycles. The maximum absolute atomic E-state index is 11.6. The SMILES string of the molecule is CCCCC/C=C\C/C=C\CCCCCCCC(=O)NC(C)CC. The molecule has 140 valence electrons. The van der Waals surface area contributed by atoms with E-state index in [2.05, 4.69) is 50.4 Å². The van der Waals surface area contributed by atoms with Gasteiger partial charge in [-0.3, -0.25) is 4.79 Å². The van der Waals surface area contributed by atoms with Gasteiger partial charge >= 0.3 is 0 Å². The Balaban J connectivity index is 3.30. The molecule has 1 atom stereocenters. The molecule has 0 spiro atoms. The highest BCUT2D eigenvalue weighted by Crippen LogP contribution is 2.08. The third-order valence-corrected chi connectivity index (χ3v) is 4.37. The van der Waals surface area contributed by atoms with Crippen molar-refractivity contribution >= 4 is 5.91 Å². The van der Waals surface area contributed by atoms with Gasteiger partial charge < -0.3 is 5.32 Å². The van der Waals surface area contributed by atoms with E-state index >= 15 is 0 Å². The largest absolute Gasteiger partial charge is 0.354 e. The van der Waals surface area contributed by atoms with Crippen LogP contribution >= 0.6 is 0 Å². The van der Waals surface area contributed by atoms with Crippen molar-refractivity contribution in [1.29, 1.82) is 0 Å². The summed E-state index contributed by atoms with van der Waals surface area (Å²) in [5.74, 6) is 0.218. The molecular formula is C22H41NO. The Kier molecular flexibility index (Phi) is 17.5. The van der Waals surface area contributed by atoms with E-state index in [4.69, 9.17) is 0 Å². The summed E-state index contributed by atoms with van der Waals surface area (Å²) < 4.78 is 0. The van der Waals surface area contributed by atoms with Crippen molar-refractivity contribution < 1.29 is 4.79 Å². The lowest BCUT2D eigenvalue weighted by Gasteiger charge is -2.10. The number of hydrogen-bond acceptors (Lipinski definition) is 1. The standard InChI is InChI=1S/C22H41NO/c1-4-6-7-8-9-10-11-12-13-14-15-16-17-18-19-20-22(24)23-21(3)5-2/h9-10,12-13,21H,4-8,11,14-20H2,1-3H3,(H,23,24)/b10-9-,13-12-. The Morgan fingerprint density at radius 1 is 0.833 bits per heavy atom. The van der Waals surface area contributed by atoms with E-state index in [1.807, 2.05) is 0 Å². The third-order valence-electron chi connectivity index (χ3n) is 4.37. The molecule has 0 aromatic heterocycles. The summed E-state index contributed by atoms with van der Waals surface area (Å²) in [6, 6.07) is 0.315. The van der Waals surface area contributed by atoms with Crippen LogP contribution < -0.4 is 5.32 Å². The number of hydrogen-bond donors (Lipinski definition) is 1. The molecule has 2 nitrogen and oxygen atoms in total. The van der Waals surface area contributed by atoms with E-state index in [-0.39, 0.29) is 5.91 Å². The molecule has 1 N–H and O–H groups in total. The number of carbonyl (C=O) groups excluding carboxylic acids is 1. The molecule has 0 aromatic rings. The normalized spacial score (nSPS) is 13.0. The van der Waals surface area contributed by atoms with Crippen molar-refractivity contribution in [2.75, 3.05) is 0 Å². The summed E-state index contributed by atoms with van der Waals surface area (Å²) in [6.07, 6.45) is 24.4. The van der Waals surface area contributed by atoms with Gasteiger partial charge in [0.1, 0.15) is 0 Å². The lowest BCUT2D eigenvalue weighted by molar-refractivity contribution is -0.121. The maximum atomic E-state index is 11.6. The Morgan fingerprint density at radius 3 is 2.04 bits per heavy atom. The minimum absolute atomic E-state index is 0.218. The van der Waals surface area contributed by atoms with Crippen molar-refractivity contribution in [3.05, 3.63) is 24.3 Å². The first-order chi connectivity index (χ1) is 11.7. The molecular weight excluding hydrogens is 294 g/mol. The molecule has 0 fully saturated rings. The molecule has 0 saturated heterocycles. The van der Waals surface area contributed by atoms with Crippen LogP contribution in [0.15, 0.2) is 24.3 Å². The first-order valence-electron chi connectivity index (χ1n) is 10.3. The first-order valence-corrected chi connectivity index (χ1v) is 10.3. The fourth-order valence-electron chi connectivity index (χ4n) is 2.55. The van der Waals surface area contributed by atoms with Gasteiger partial charge in [0.2, 0.25) is 5.91 Å². The van der Waals surface area contributed by atoms with Crippen molar-refractivity contribution in [3.63, 3.8) is 0 Å². The van der Waals surface area contributed by atoms with Gasteiger partial charge in [0.05, 0.1) is 0 Å². The molecule has 0 saturated carbocycles. The molecule has 2 heteroatoms. The molecule has 0 heterocycles. The van der Waals surface area contributed by atoms with Crippen LogP contribution in [0.1, 0.15) is 104 Å². The molecule has 0 aliphatic carbocycles. The minimum atomic E-state index is 0.218. The average molecular weight is 336 g/mol. The van der Waals surface area contributed by atoms with Crippen LogP contribution in [0.3, 0.4) is 0 Å². The van der Waals surface area contributed by atoms with Crippen LogP contribution in [0.4, 0.5) is 0 Å². The zero-order valence-electron chi connectivity index (χ0n) is 16.5. The topological polar surface area (TPSA) is 29.1 Å². The molecule has 1 unspecified atom stereocenters. The van der Waals surface area contributed by atoms with Gasteiger partial charge in [-0.2, -0.15) is 0 Å². The van der Waals surface area contributed by atoms with Crippen LogP contribution in [0.5, 0.6) is 0 Å². The van der Waals surface area contributed by atoms with Gasteiger partial charge in [-0.25, -0.2) is 0 Å². The number of rotatable bonds is 16. The van der Waals surface area contributed by atoms with Gasteiger partial charge in [0.25, 0.3) is 0 Å². The van der Waals surface area contributed by atoms with Crippen LogP contribution in [0.2, 0.25) is 0 Å². The Morgan fingerprint density at radius 2 is 1.42 bits per heavy atom. The second-order valence-corrected chi connectivity index (χ2v) is 6.86. The minimum Gasteiger partial charge on any atom is -0.354 e. The maximum Gasteiger partial charge on any atom is 0.220 e. The van der Waals surface area contributed by atoms with Gasteiger partial charge in [-0.05, 0) is 51.9 Å². The average Bonchev–Trinajstić information content (AvgIpc) is 2.58. The third kappa shape index (κ3) is 17.3. The summed E-state index contributed by atoms with van der Waals surface area (Å²) in [6.45, 7) is 6.41. The number of amides is 1. The molecule has 1 amide bonds. The summed E-state index contributed by atoms with van der Waals surface area (Å²) in [5.41, 5.74) is 0. The molecule has 0 bridgehead atoms. The number of nitrogens with one attached hydrogen (secondary N) is 1. The van der Waals surface area contributed by atoms with Crippen molar-refractivity contribution in [2.45, 2.75) is 110 Å². The van der Waals surface area contributed by atoms with Crippen LogP contribution in [-0.2, 0) is 4.79 Å². The van der Waals surface area contributed by atoms with E-state index < -0.39 is 0 Å². The summed E-state index contributed by atoms with van der Waals surface area (Å²) in [5, 5.41) is 3.03. The lowest BCUT2D eigenvalue weighted by atomic mass is 10.1. The molecule has 0 aliphatic rings. The molecule has 0 radical (unpaired) electrons. The Hall–Kier alpha value is -1.05. The smallest absolute Gasteiger partial charge is 0.220 e. The highest BCUT2D eigenvalue weighted by atomic mass is 16.1. The Bertz CT molecular complexity index is 333. The van der Waals surface area contributed by atoms with Gasteiger partial charge in [0.15, 0.2) is 0 Å². The van der Waals surface area contributed by atoms with E-state index in [0.717, 1.165) is 19.3 Å². The predicted octanol–water partition coefficient (Wildman–Crippen LogP) is 6.71. The monoisotopic (exact) mass is 335 g/mol. The van der Waals surface area contributed by atoms with Gasteiger partial charge in [-0.15, -0.1) is 0 Å². The molecule has 24 heavy (non-hydrogen) atoms. The summed E-state index contributed by atoms with van der Waals surface area (Å²) >= 11 is 0. The molecule has 0 aliphatic heterocycles. The first kappa shape index (κ1) is 22.9. The van der Waals surface area contributed by atoms with E-state index in [1.54, 1.807) is 0 Å². The number of carbonyl (C=O) groups is 1. The number of allylic oxidation sites excluding steroid dienone is 4. The summed E-state index contributed by atoms with van der Waals surface area (Å²) in [4.78, 5) is 11.6. The Labute approximate surface area is 151 Å². The number of unbranched alkanes of at least 4 members (excludes halogenated alkanes) is 8. The van der Waals surface area contributed by atoms with Crippen molar-refractivity contribution in [3.8, 4) is 0 Å². The predicted molar refractivity (Wildman–Crippen MR) is 107 cm³/mol. The van der Waals surface area contributed by atoms with E-state index in [0.29, 0.717) is 12.5 Å². The van der Waals surface area contributed by atoms with Crippen LogP contribution in [0.25, 0.3) is 0 Å². The second kappa shape index (κ2) is 18.3. The van der Waals surface area contributed by atoms with Crippen LogP contribution in [0, 0.1) is 0 Å². The fourth-order valence-corrected chi connectivity index (χ4v) is 2.55. The highest BCUT2D eigenvalue weighted by Gasteiger charge is 2.04. The summed E-state index contributed by atoms with van der Waals surface area (Å²) in [7, 11) is 0. The van der Waals surface area contributed by atoms with Crippen LogP contribution in [-0.4, -0.2) is 11.9 Å². The zero-order chi connectivity index (χ0) is 17.9. The van der Waals surface area contributed by atoms with Crippen molar-refractivity contribution in [2.24, 2.45) is 0 Å². The van der Waals surface area contributed by atoms with Gasteiger partial charge in [-0.1, -0.05) is 70.3 Å². The fraction of sp³-hybridized carbons (Fsp3) is 0.773. The van der Waals surface area contributed by atoms with Crippen molar-refractivity contribution in [1.82, 2.24) is 5.32 Å². The van der Waals surface area contributed by atoms with Gasteiger partial charge in [0, 0.05) is 12.5 Å². The quantitative estimate of drug-likeness (QED) is 0.246. The molecule has 0 rings (SSSR count). The lowest BCUT2D eigenvalue weighted by Crippen LogP contribution is -2.31.